The van der Waals surface area contributed by atoms with E-state index in [-0.39, 0.29) is 47.2 Å². The first kappa shape index (κ1) is 58.0. The van der Waals surface area contributed by atoms with Crippen LogP contribution in [0.4, 0.5) is 0 Å². The molecule has 2 heterocycles. The normalized spacial score (nSPS) is 25.8. The van der Waals surface area contributed by atoms with Gasteiger partial charge >= 0.3 is 49.3 Å². The molecule has 4 aliphatic rings. The summed E-state index contributed by atoms with van der Waals surface area (Å²) in [5, 5.41) is 63.5. The van der Waals surface area contributed by atoms with Gasteiger partial charge in [0.15, 0.2) is 35.3 Å². The van der Waals surface area contributed by atoms with Gasteiger partial charge in [-0.2, -0.15) is 0 Å². The van der Waals surface area contributed by atoms with Gasteiger partial charge in [0, 0.05) is 7.11 Å². The Morgan fingerprint density at radius 3 is 1.44 bits per heavy atom. The summed E-state index contributed by atoms with van der Waals surface area (Å²) in [7, 11) is -8.68. The van der Waals surface area contributed by atoms with E-state index in [0.717, 1.165) is 29.4 Å². The summed E-state index contributed by atoms with van der Waals surface area (Å²) in [6.45, 7) is 17.0. The van der Waals surface area contributed by atoms with E-state index in [2.05, 4.69) is 18.5 Å². The molecule has 0 saturated heterocycles. The number of cyclic esters (lactones) is 2. The van der Waals surface area contributed by atoms with Gasteiger partial charge in [0.05, 0.1) is 13.2 Å². The third-order valence-corrected chi connectivity index (χ3v) is 11.6. The van der Waals surface area contributed by atoms with E-state index in [4.69, 9.17) is 34.6 Å². The van der Waals surface area contributed by atoms with E-state index in [1.807, 2.05) is 67.5 Å². The van der Waals surface area contributed by atoms with Crippen molar-refractivity contribution in [1.29, 1.82) is 0 Å². The largest absolute Gasteiger partial charge is 1.00 e. The summed E-state index contributed by atoms with van der Waals surface area (Å²) in [5.41, 5.74) is 3.75. The molecule has 0 spiro atoms. The van der Waals surface area contributed by atoms with Crippen molar-refractivity contribution >= 4 is 39.2 Å². The Bertz CT molecular complexity index is 2050. The van der Waals surface area contributed by atoms with Gasteiger partial charge in [-0.05, 0) is 87.5 Å². The van der Waals surface area contributed by atoms with E-state index in [1.54, 1.807) is 13.8 Å². The van der Waals surface area contributed by atoms with Crippen LogP contribution in [0.15, 0.2) is 68.6 Å². The van der Waals surface area contributed by atoms with Crippen molar-refractivity contribution in [3.8, 4) is 0 Å². The van der Waals surface area contributed by atoms with Crippen LogP contribution in [0.25, 0.3) is 0 Å². The molecule has 6 unspecified atom stereocenters. The summed E-state index contributed by atoms with van der Waals surface area (Å²) in [5.74, 6) is -7.04. The molecule has 8 atom stereocenters. The van der Waals surface area contributed by atoms with Crippen molar-refractivity contribution in [2.45, 2.75) is 119 Å². The maximum atomic E-state index is 12.7. The van der Waals surface area contributed by atoms with Crippen LogP contribution in [0, 0.1) is 10.8 Å². The molecule has 0 amide bonds. The molecule has 0 fully saturated rings. The number of hydrogen-bond acceptors (Lipinski definition) is 21. The minimum absolute atomic E-state index is 0. The topological polar surface area (TPSA) is 346 Å². The minimum atomic E-state index is -5.28. The van der Waals surface area contributed by atoms with E-state index in [9.17, 15) is 48.3 Å². The van der Waals surface area contributed by atoms with Crippen molar-refractivity contribution in [2.24, 2.45) is 10.8 Å². The van der Waals surface area contributed by atoms with Crippen LogP contribution in [-0.4, -0.2) is 116 Å². The number of aliphatic hydroxyl groups excluding tert-OH is 7. The molecule has 350 valence electrons. The number of carbonyl (C=O) groups is 4. The Kier molecular flexibility index (Phi) is 21.2. The maximum Gasteiger partial charge on any atom is 1.00 e. The fourth-order valence-corrected chi connectivity index (χ4v) is 8.20. The van der Waals surface area contributed by atoms with Gasteiger partial charge < -0.3 is 68.6 Å². The Balaban J connectivity index is 0.000000517. The Morgan fingerprint density at radius 1 is 0.730 bits per heavy atom. The Labute approximate surface area is 386 Å². The first-order valence-electron chi connectivity index (χ1n) is 18.9. The van der Waals surface area contributed by atoms with Crippen molar-refractivity contribution < 1.29 is 131 Å². The number of hydrogen-bond donors (Lipinski definition) is 7. The number of allylic oxidation sites excluding steroid dienone is 6. The first-order valence-corrected chi connectivity index (χ1v) is 21.8. The zero-order valence-electron chi connectivity index (χ0n) is 37.2. The average molecular weight is 946 g/mol. The number of ether oxygens (including phenoxy) is 2. The fourth-order valence-electron chi connectivity index (χ4n) is 6.67. The van der Waals surface area contributed by atoms with Gasteiger partial charge in [0.25, 0.3) is 7.82 Å². The number of phosphoric acid groups is 2. The third-order valence-electron chi connectivity index (χ3n) is 9.73. The van der Waals surface area contributed by atoms with Gasteiger partial charge in [-0.1, -0.05) is 51.0 Å². The van der Waals surface area contributed by atoms with Gasteiger partial charge in [0.2, 0.25) is 11.5 Å². The summed E-state index contributed by atoms with van der Waals surface area (Å²) in [4.78, 5) is 70.8. The molecule has 0 aromatic heterocycles. The molecule has 4 rings (SSSR count). The van der Waals surface area contributed by atoms with Crippen LogP contribution in [0.2, 0.25) is 0 Å². The standard InChI is InChI=1S/C19H27O10P.C14H23O5P.C6H8O6.Na/c1-9(2)6-11-10(3)14(22)13(7-19(11,4)5)28-30(25,26)29-17-15(23)18(24)27-16(17)12(21)8-20;1-9(2)7-11-10(3)13(15)12(8-14(11,4)5)19-20(16,17)18-6;7-1-2(8)5-3(9)4(10)6(11)12-5;/h6,12-13,16,20-21,23H,7-8H2,1-5H3,(H,25,26);7,12H,8H2,1-6H3,(H,16,17);2,5,7-10H,1H2;/q;;;+1/p-2/t;;2-,5+;/m..0./s1. The molecular weight excluding hydrogens is 889 g/mol. The molecular formula is C39H56NaO21P2-. The monoisotopic (exact) mass is 945 g/mol. The van der Waals surface area contributed by atoms with Gasteiger partial charge in [-0.15, -0.1) is 0 Å². The first-order chi connectivity index (χ1) is 28.3. The van der Waals surface area contributed by atoms with Crippen LogP contribution in [0.3, 0.4) is 0 Å². The third kappa shape index (κ3) is 15.0. The van der Waals surface area contributed by atoms with E-state index >= 15 is 0 Å². The number of Topliss-reactive ketones (excluding diaryl/α,β-unsaturated/α-hetero) is 2. The molecule has 0 aromatic carbocycles. The second-order valence-electron chi connectivity index (χ2n) is 16.4. The van der Waals surface area contributed by atoms with Gasteiger partial charge in [-0.3, -0.25) is 23.2 Å². The van der Waals surface area contributed by atoms with Crippen molar-refractivity contribution in [3.05, 3.63) is 68.6 Å². The second kappa shape index (κ2) is 23.0. The minimum Gasteiger partial charge on any atom is -0.756 e. The van der Waals surface area contributed by atoms with Gasteiger partial charge in [-0.25, -0.2) is 9.59 Å². The van der Waals surface area contributed by atoms with Crippen LogP contribution in [-0.2, 0) is 55.9 Å². The number of carbonyl (C=O) groups excluding carboxylic acids is 4. The fraction of sp³-hybridized carbons (Fsp3) is 0.590. The molecule has 63 heavy (non-hydrogen) atoms. The van der Waals surface area contributed by atoms with Crippen LogP contribution in [0.5, 0.6) is 0 Å². The molecule has 0 radical (unpaired) electrons. The van der Waals surface area contributed by atoms with E-state index in [0.29, 0.717) is 17.6 Å². The Hall–Kier alpha value is -2.98. The second-order valence-corrected chi connectivity index (χ2v) is 19.1. The average Bonchev–Trinajstić information content (AvgIpc) is 3.59. The number of rotatable bonds is 13. The SMILES string of the molecule is CC(C)=CC1=C(C)C(=O)C(OP(=O)([O-])OC2=C(O)C(=O)OC2C(O)CO)CC1(C)C.COP(=O)([O-])OC1CC(C)(C)C(C=C(C)C)=C(C)C1=O.O=C1O[C@H]([C@@H](O)CO)C(O)=C1O.[Na+]. The molecule has 0 saturated carbocycles. The molecule has 24 heteroatoms. The number of aliphatic hydroxyl groups is 7. The summed E-state index contributed by atoms with van der Waals surface area (Å²) in [6, 6.07) is 0. The molecule has 7 N–H and O–H groups in total. The van der Waals surface area contributed by atoms with Gasteiger partial charge in [0.1, 0.15) is 24.4 Å². The number of phosphoric ester groups is 2. The molecule has 0 aromatic rings. The summed E-state index contributed by atoms with van der Waals surface area (Å²) < 4.78 is 51.5. The maximum absolute atomic E-state index is 12.7. The summed E-state index contributed by atoms with van der Waals surface area (Å²) in [6.07, 6.45) is -4.46. The summed E-state index contributed by atoms with van der Waals surface area (Å²) >= 11 is 0. The van der Waals surface area contributed by atoms with E-state index < -0.39 is 112 Å². The van der Waals surface area contributed by atoms with Crippen molar-refractivity contribution in [3.63, 3.8) is 0 Å². The predicted octanol–water partition coefficient (Wildman–Crippen LogP) is -0.449. The quantitative estimate of drug-likeness (QED) is 0.0698. The van der Waals surface area contributed by atoms with Crippen LogP contribution < -0.4 is 39.3 Å². The Morgan fingerprint density at radius 2 is 1.10 bits per heavy atom. The van der Waals surface area contributed by atoms with Crippen molar-refractivity contribution in [1.82, 2.24) is 0 Å². The zero-order chi connectivity index (χ0) is 48.0. The van der Waals surface area contributed by atoms with Crippen LogP contribution in [0.1, 0.15) is 82.1 Å². The molecule has 21 nitrogen and oxygen atoms in total. The van der Waals surface area contributed by atoms with Crippen molar-refractivity contribution in [2.75, 3.05) is 20.3 Å². The zero-order valence-corrected chi connectivity index (χ0v) is 41.0. The molecule has 0 bridgehead atoms. The predicted molar refractivity (Wildman–Crippen MR) is 212 cm³/mol. The molecule has 2 aliphatic carbocycles. The van der Waals surface area contributed by atoms with Crippen LogP contribution >= 0.6 is 15.6 Å². The number of esters is 2. The smallest absolute Gasteiger partial charge is 0.756 e. The number of ketones is 2. The molecule has 2 aliphatic heterocycles. The van der Waals surface area contributed by atoms with E-state index in [1.165, 1.54) is 0 Å².